The molecular formula is C23H27N3O3. The number of aryl methyl sites for hydroxylation is 2. The first-order valence-electron chi connectivity index (χ1n) is 10.2. The number of para-hydroxylation sites is 1. The van der Waals surface area contributed by atoms with E-state index in [0.29, 0.717) is 25.2 Å². The van der Waals surface area contributed by atoms with Gasteiger partial charge in [-0.25, -0.2) is 0 Å². The third-order valence-electron chi connectivity index (χ3n) is 5.66. The monoisotopic (exact) mass is 393 g/mol. The second-order valence-electron chi connectivity index (χ2n) is 7.72. The summed E-state index contributed by atoms with van der Waals surface area (Å²) < 4.78 is 9.46. The number of nitrogens with one attached hydrogen (secondary N) is 1. The molecular weight excluding hydrogens is 366 g/mol. The molecule has 3 heterocycles. The molecule has 0 bridgehead atoms. The van der Waals surface area contributed by atoms with Crippen LogP contribution in [0.15, 0.2) is 47.4 Å². The van der Waals surface area contributed by atoms with Gasteiger partial charge in [-0.05, 0) is 55.8 Å². The summed E-state index contributed by atoms with van der Waals surface area (Å²) in [5.74, 6) is -0.315. The van der Waals surface area contributed by atoms with Crippen molar-refractivity contribution in [2.24, 2.45) is 0 Å². The molecule has 0 saturated carbocycles. The van der Waals surface area contributed by atoms with E-state index in [2.05, 4.69) is 28.1 Å². The zero-order valence-electron chi connectivity index (χ0n) is 17.0. The average molecular weight is 393 g/mol. The van der Waals surface area contributed by atoms with Crippen molar-refractivity contribution < 1.29 is 9.53 Å². The van der Waals surface area contributed by atoms with Crippen molar-refractivity contribution in [1.82, 2.24) is 14.5 Å². The van der Waals surface area contributed by atoms with Gasteiger partial charge in [0, 0.05) is 37.1 Å². The van der Waals surface area contributed by atoms with Crippen molar-refractivity contribution in [2.75, 3.05) is 13.2 Å². The van der Waals surface area contributed by atoms with Gasteiger partial charge in [-0.15, -0.1) is 0 Å². The van der Waals surface area contributed by atoms with Gasteiger partial charge in [0.05, 0.1) is 12.6 Å². The summed E-state index contributed by atoms with van der Waals surface area (Å²) in [5.41, 5.74) is 2.69. The second kappa shape index (κ2) is 8.25. The molecule has 2 aromatic heterocycles. The fourth-order valence-electron chi connectivity index (χ4n) is 4.14. The highest BCUT2D eigenvalue weighted by atomic mass is 16.5. The molecule has 1 atom stereocenters. The zero-order chi connectivity index (χ0) is 20.4. The molecule has 1 saturated heterocycles. The molecule has 29 heavy (non-hydrogen) atoms. The van der Waals surface area contributed by atoms with Crippen LogP contribution in [0, 0.1) is 13.8 Å². The number of aromatic nitrogens is 2. The first kappa shape index (κ1) is 19.5. The van der Waals surface area contributed by atoms with E-state index >= 15 is 0 Å². The van der Waals surface area contributed by atoms with Crippen molar-refractivity contribution in [2.45, 2.75) is 45.9 Å². The van der Waals surface area contributed by atoms with Crippen LogP contribution in [0.25, 0.3) is 10.9 Å². The maximum absolute atomic E-state index is 13.0. The lowest BCUT2D eigenvalue weighted by Gasteiger charge is -2.17. The van der Waals surface area contributed by atoms with Gasteiger partial charge < -0.3 is 19.2 Å². The Labute approximate surface area is 170 Å². The number of rotatable bonds is 6. The van der Waals surface area contributed by atoms with Crippen molar-refractivity contribution in [3.63, 3.8) is 0 Å². The quantitative estimate of drug-likeness (QED) is 0.700. The lowest BCUT2D eigenvalue weighted by Crippen LogP contribution is -2.37. The fourth-order valence-corrected chi connectivity index (χ4v) is 4.14. The van der Waals surface area contributed by atoms with Crippen LogP contribution in [0.5, 0.6) is 0 Å². The molecule has 1 amide bonds. The van der Waals surface area contributed by atoms with E-state index in [9.17, 15) is 9.59 Å². The van der Waals surface area contributed by atoms with E-state index < -0.39 is 0 Å². The number of nitrogens with zero attached hydrogens (tertiary/aromatic N) is 2. The first-order chi connectivity index (χ1) is 14.0. The largest absolute Gasteiger partial charge is 0.376 e. The molecule has 6 nitrogen and oxygen atoms in total. The van der Waals surface area contributed by atoms with Gasteiger partial charge in [-0.3, -0.25) is 9.59 Å². The maximum atomic E-state index is 13.0. The molecule has 1 aliphatic heterocycles. The van der Waals surface area contributed by atoms with Gasteiger partial charge in [0.2, 0.25) is 0 Å². The van der Waals surface area contributed by atoms with E-state index in [-0.39, 0.29) is 23.1 Å². The highest BCUT2D eigenvalue weighted by molar-refractivity contribution is 5.95. The van der Waals surface area contributed by atoms with Crippen LogP contribution in [0.3, 0.4) is 0 Å². The number of carbonyl (C=O) groups is 1. The molecule has 1 aliphatic rings. The van der Waals surface area contributed by atoms with Crippen molar-refractivity contribution >= 4 is 16.8 Å². The van der Waals surface area contributed by atoms with Crippen LogP contribution in [0.2, 0.25) is 0 Å². The molecule has 0 spiro atoms. The summed E-state index contributed by atoms with van der Waals surface area (Å²) in [4.78, 5) is 25.9. The molecule has 0 radical (unpaired) electrons. The van der Waals surface area contributed by atoms with Crippen LogP contribution in [-0.2, 0) is 17.8 Å². The number of hydrogen-bond acceptors (Lipinski definition) is 3. The summed E-state index contributed by atoms with van der Waals surface area (Å²) in [6.07, 6.45) is 4.03. The number of ether oxygens (including phenoxy) is 1. The lowest BCUT2D eigenvalue weighted by atomic mass is 10.1. The molecule has 1 fully saturated rings. The Kier molecular flexibility index (Phi) is 5.53. The van der Waals surface area contributed by atoms with Crippen LogP contribution >= 0.6 is 0 Å². The molecule has 4 rings (SSSR count). The Bertz CT molecular complexity index is 1090. The van der Waals surface area contributed by atoms with Crippen LogP contribution in [0.4, 0.5) is 0 Å². The highest BCUT2D eigenvalue weighted by Crippen LogP contribution is 2.16. The molecule has 0 aliphatic carbocycles. The van der Waals surface area contributed by atoms with Crippen molar-refractivity contribution in [3.8, 4) is 0 Å². The third-order valence-corrected chi connectivity index (χ3v) is 5.66. The second-order valence-corrected chi connectivity index (χ2v) is 7.72. The average Bonchev–Trinajstić information content (AvgIpc) is 3.35. The Morgan fingerprint density at radius 3 is 2.86 bits per heavy atom. The summed E-state index contributed by atoms with van der Waals surface area (Å²) in [7, 11) is 0. The predicted molar refractivity (Wildman–Crippen MR) is 113 cm³/mol. The Hall–Kier alpha value is -2.86. The zero-order valence-corrected chi connectivity index (χ0v) is 17.0. The van der Waals surface area contributed by atoms with E-state index in [1.165, 1.54) is 5.39 Å². The maximum Gasteiger partial charge on any atom is 0.263 e. The Morgan fingerprint density at radius 2 is 2.07 bits per heavy atom. The molecule has 3 aromatic rings. The molecule has 1 N–H and O–H groups in total. The van der Waals surface area contributed by atoms with Crippen LogP contribution < -0.4 is 10.9 Å². The van der Waals surface area contributed by atoms with Gasteiger partial charge in [-0.2, -0.15) is 0 Å². The third kappa shape index (κ3) is 3.98. The fraction of sp³-hybridized carbons (Fsp3) is 0.391. The van der Waals surface area contributed by atoms with Gasteiger partial charge in [0.1, 0.15) is 5.56 Å². The SMILES string of the molecule is Cc1cc(C)n(C[C@H]2CCCO2)c(=O)c1C(=O)NCCn1ccc2ccccc21. The normalized spacial score (nSPS) is 16.4. The van der Waals surface area contributed by atoms with E-state index in [0.717, 1.165) is 30.7 Å². The Morgan fingerprint density at radius 1 is 1.24 bits per heavy atom. The van der Waals surface area contributed by atoms with E-state index in [1.807, 2.05) is 38.2 Å². The summed E-state index contributed by atoms with van der Waals surface area (Å²) >= 11 is 0. The van der Waals surface area contributed by atoms with Gasteiger partial charge in [-0.1, -0.05) is 18.2 Å². The van der Waals surface area contributed by atoms with Crippen molar-refractivity contribution in [1.29, 1.82) is 0 Å². The summed E-state index contributed by atoms with van der Waals surface area (Å²) in [6, 6.07) is 12.1. The summed E-state index contributed by atoms with van der Waals surface area (Å²) in [5, 5.41) is 4.09. The number of carbonyl (C=O) groups excluding carboxylic acids is 1. The first-order valence-corrected chi connectivity index (χ1v) is 10.2. The topological polar surface area (TPSA) is 65.3 Å². The van der Waals surface area contributed by atoms with Gasteiger partial charge in [0.25, 0.3) is 11.5 Å². The van der Waals surface area contributed by atoms with E-state index in [4.69, 9.17) is 4.74 Å². The lowest BCUT2D eigenvalue weighted by molar-refractivity contribution is 0.0926. The van der Waals surface area contributed by atoms with Crippen molar-refractivity contribution in [3.05, 3.63) is 69.8 Å². The predicted octanol–water partition coefficient (Wildman–Crippen LogP) is 3.03. The number of hydrogen-bond donors (Lipinski definition) is 1. The standard InChI is InChI=1S/C23H27N3O3/c1-16-14-17(2)26(15-19-7-5-13-29-19)23(28)21(16)22(27)24-10-12-25-11-9-18-6-3-4-8-20(18)25/h3-4,6,8-9,11,14,19H,5,7,10,12-13,15H2,1-2H3,(H,24,27)/t19-/m1/s1. The van der Waals surface area contributed by atoms with E-state index in [1.54, 1.807) is 4.57 Å². The Balaban J connectivity index is 1.48. The minimum atomic E-state index is -0.315. The van der Waals surface area contributed by atoms with Gasteiger partial charge >= 0.3 is 0 Å². The highest BCUT2D eigenvalue weighted by Gasteiger charge is 2.21. The van der Waals surface area contributed by atoms with Gasteiger partial charge in [0.15, 0.2) is 0 Å². The molecule has 152 valence electrons. The number of amides is 1. The minimum Gasteiger partial charge on any atom is -0.376 e. The number of pyridine rings is 1. The molecule has 6 heteroatoms. The number of benzene rings is 1. The minimum absolute atomic E-state index is 0.0482. The molecule has 1 aromatic carbocycles. The smallest absolute Gasteiger partial charge is 0.263 e. The van der Waals surface area contributed by atoms with Crippen LogP contribution in [-0.4, -0.2) is 34.3 Å². The summed E-state index contributed by atoms with van der Waals surface area (Å²) in [6.45, 7) is 6.07. The molecule has 0 unspecified atom stereocenters. The van der Waals surface area contributed by atoms with Crippen LogP contribution in [0.1, 0.15) is 34.5 Å². The number of fused-ring (bicyclic) bond motifs is 1.